The summed E-state index contributed by atoms with van der Waals surface area (Å²) in [6, 6.07) is 0. The number of hydrogen-bond acceptors (Lipinski definition) is 6. The third kappa shape index (κ3) is 2.55. The molecule has 0 unspecified atom stereocenters. The molecule has 2 aliphatic heterocycles. The van der Waals surface area contributed by atoms with Crippen molar-refractivity contribution in [3.05, 3.63) is 11.5 Å². The molecule has 0 bridgehead atoms. The molecule has 0 aromatic carbocycles. The summed E-state index contributed by atoms with van der Waals surface area (Å²) in [5.41, 5.74) is -0.263. The monoisotopic (exact) mass is 357 g/mol. The van der Waals surface area contributed by atoms with Crippen LogP contribution < -0.4 is 0 Å². The van der Waals surface area contributed by atoms with E-state index in [1.807, 2.05) is 0 Å². The van der Waals surface area contributed by atoms with Crippen molar-refractivity contribution in [3.63, 3.8) is 0 Å². The average Bonchev–Trinajstić information content (AvgIpc) is 3.08. The highest BCUT2D eigenvalue weighted by atomic mass is 32.2. The molecule has 0 spiro atoms. The number of fused-ring (bicyclic) bond motifs is 1. The SMILES string of the molecule is CC(=O)N1CC[C@H]2CN(S(=O)(=O)c3c(C)noc3C)C[C@@]2(CO)C1. The summed E-state index contributed by atoms with van der Waals surface area (Å²) in [5.74, 6) is 0.257. The van der Waals surface area contributed by atoms with E-state index in [2.05, 4.69) is 5.16 Å². The number of piperidine rings is 1. The van der Waals surface area contributed by atoms with Crippen LogP contribution in [0.15, 0.2) is 9.42 Å². The van der Waals surface area contributed by atoms with Crippen molar-refractivity contribution >= 4 is 15.9 Å². The van der Waals surface area contributed by atoms with E-state index in [1.165, 1.54) is 11.2 Å². The van der Waals surface area contributed by atoms with Gasteiger partial charge in [0.05, 0.1) is 6.61 Å². The van der Waals surface area contributed by atoms with Crippen molar-refractivity contribution in [2.24, 2.45) is 11.3 Å². The van der Waals surface area contributed by atoms with Gasteiger partial charge in [0, 0.05) is 38.5 Å². The smallest absolute Gasteiger partial charge is 0.248 e. The van der Waals surface area contributed by atoms with Gasteiger partial charge in [-0.05, 0) is 26.2 Å². The van der Waals surface area contributed by atoms with Crippen LogP contribution in [-0.2, 0) is 14.8 Å². The maximum Gasteiger partial charge on any atom is 0.248 e. The Morgan fingerprint density at radius 2 is 2.12 bits per heavy atom. The van der Waals surface area contributed by atoms with Gasteiger partial charge in [0.2, 0.25) is 15.9 Å². The molecule has 1 N–H and O–H groups in total. The van der Waals surface area contributed by atoms with Crippen LogP contribution in [0.2, 0.25) is 0 Å². The standard InChI is InChI=1S/C15H23N3O5S/c1-10-14(11(2)23-16-10)24(21,22)18-6-13-4-5-17(12(3)20)7-15(13,8-18)9-19/h13,19H,4-9H2,1-3H3/t13-,15+/m0/s1. The van der Waals surface area contributed by atoms with Gasteiger partial charge in [-0.3, -0.25) is 4.79 Å². The van der Waals surface area contributed by atoms with Crippen LogP contribution in [0.3, 0.4) is 0 Å². The highest BCUT2D eigenvalue weighted by Crippen LogP contribution is 2.44. The van der Waals surface area contributed by atoms with Gasteiger partial charge in [0.25, 0.3) is 0 Å². The molecular formula is C15H23N3O5S. The van der Waals surface area contributed by atoms with E-state index >= 15 is 0 Å². The van der Waals surface area contributed by atoms with Gasteiger partial charge in [0.15, 0.2) is 5.76 Å². The fourth-order valence-electron chi connectivity index (χ4n) is 3.98. The summed E-state index contributed by atoms with van der Waals surface area (Å²) in [6.45, 7) is 6.07. The first-order valence-corrected chi connectivity index (χ1v) is 9.45. The minimum atomic E-state index is -3.74. The zero-order valence-electron chi connectivity index (χ0n) is 14.2. The molecule has 2 atom stereocenters. The summed E-state index contributed by atoms with van der Waals surface area (Å²) >= 11 is 0. The number of aromatic nitrogens is 1. The number of carbonyl (C=O) groups excluding carboxylic acids is 1. The molecule has 2 aliphatic rings. The second kappa shape index (κ2) is 5.82. The average molecular weight is 357 g/mol. The fourth-order valence-corrected chi connectivity index (χ4v) is 5.86. The predicted octanol–water partition coefficient (Wildman–Crippen LogP) is 0.143. The van der Waals surface area contributed by atoms with Crippen LogP contribution in [0.4, 0.5) is 0 Å². The number of sulfonamides is 1. The van der Waals surface area contributed by atoms with Crippen LogP contribution in [0.5, 0.6) is 0 Å². The lowest BCUT2D eigenvalue weighted by Gasteiger charge is -2.42. The van der Waals surface area contributed by atoms with Crippen LogP contribution >= 0.6 is 0 Å². The van der Waals surface area contributed by atoms with E-state index in [9.17, 15) is 18.3 Å². The summed E-state index contributed by atoms with van der Waals surface area (Å²) < 4.78 is 32.4. The van der Waals surface area contributed by atoms with Crippen molar-refractivity contribution in [1.82, 2.24) is 14.4 Å². The Kier molecular flexibility index (Phi) is 4.21. The molecule has 2 saturated heterocycles. The Hall–Kier alpha value is -1.45. The van der Waals surface area contributed by atoms with Gasteiger partial charge in [0.1, 0.15) is 10.6 Å². The Bertz CT molecular complexity index is 740. The summed E-state index contributed by atoms with van der Waals surface area (Å²) in [7, 11) is -3.74. The minimum Gasteiger partial charge on any atom is -0.396 e. The first-order chi connectivity index (χ1) is 11.2. The quantitative estimate of drug-likeness (QED) is 0.825. The van der Waals surface area contributed by atoms with Crippen LogP contribution in [0, 0.1) is 25.2 Å². The molecule has 1 aromatic rings. The number of amides is 1. The predicted molar refractivity (Wildman–Crippen MR) is 84.6 cm³/mol. The normalized spacial score (nSPS) is 28.2. The van der Waals surface area contributed by atoms with Crippen molar-refractivity contribution in [2.45, 2.75) is 32.1 Å². The molecule has 1 aromatic heterocycles. The highest BCUT2D eigenvalue weighted by molar-refractivity contribution is 7.89. The summed E-state index contributed by atoms with van der Waals surface area (Å²) in [4.78, 5) is 13.5. The maximum atomic E-state index is 13.0. The molecule has 134 valence electrons. The van der Waals surface area contributed by atoms with Gasteiger partial charge < -0.3 is 14.5 Å². The van der Waals surface area contributed by atoms with Gasteiger partial charge in [-0.1, -0.05) is 5.16 Å². The summed E-state index contributed by atoms with van der Waals surface area (Å²) in [5, 5.41) is 13.7. The van der Waals surface area contributed by atoms with E-state index in [0.29, 0.717) is 31.7 Å². The lowest BCUT2D eigenvalue weighted by Crippen LogP contribution is -2.52. The number of rotatable bonds is 3. The molecule has 8 nitrogen and oxygen atoms in total. The lowest BCUT2D eigenvalue weighted by molar-refractivity contribution is -0.134. The molecule has 1 amide bonds. The molecule has 3 heterocycles. The van der Waals surface area contributed by atoms with E-state index in [4.69, 9.17) is 4.52 Å². The Morgan fingerprint density at radius 3 is 2.67 bits per heavy atom. The molecule has 9 heteroatoms. The van der Waals surface area contributed by atoms with E-state index < -0.39 is 15.4 Å². The molecular weight excluding hydrogens is 334 g/mol. The van der Waals surface area contributed by atoms with Crippen molar-refractivity contribution in [2.75, 3.05) is 32.8 Å². The third-order valence-corrected chi connectivity index (χ3v) is 7.42. The van der Waals surface area contributed by atoms with Crippen LogP contribution in [-0.4, -0.2) is 66.6 Å². The van der Waals surface area contributed by atoms with Gasteiger partial charge in [-0.2, -0.15) is 4.31 Å². The minimum absolute atomic E-state index is 0.0355. The molecule has 24 heavy (non-hydrogen) atoms. The molecule has 2 fully saturated rings. The van der Waals surface area contributed by atoms with Crippen molar-refractivity contribution < 1.29 is 22.8 Å². The Morgan fingerprint density at radius 1 is 1.42 bits per heavy atom. The Balaban J connectivity index is 1.92. The first-order valence-electron chi connectivity index (χ1n) is 8.01. The first kappa shape index (κ1) is 17.4. The molecule has 3 rings (SSSR count). The fraction of sp³-hybridized carbons (Fsp3) is 0.733. The number of aliphatic hydroxyl groups is 1. The van der Waals surface area contributed by atoms with E-state index in [1.54, 1.807) is 18.7 Å². The number of aryl methyl sites for hydroxylation is 2. The lowest BCUT2D eigenvalue weighted by atomic mass is 9.74. The second-order valence-electron chi connectivity index (χ2n) is 6.90. The number of likely N-dealkylation sites (tertiary alicyclic amines) is 1. The van der Waals surface area contributed by atoms with Gasteiger partial charge in [-0.15, -0.1) is 0 Å². The van der Waals surface area contributed by atoms with Gasteiger partial charge >= 0.3 is 0 Å². The largest absolute Gasteiger partial charge is 0.396 e. The zero-order chi connectivity index (χ0) is 17.7. The number of hydrogen-bond donors (Lipinski definition) is 1. The molecule has 0 aliphatic carbocycles. The second-order valence-corrected chi connectivity index (χ2v) is 8.77. The Labute approximate surface area is 141 Å². The van der Waals surface area contributed by atoms with Crippen molar-refractivity contribution in [3.8, 4) is 0 Å². The van der Waals surface area contributed by atoms with Crippen molar-refractivity contribution in [1.29, 1.82) is 0 Å². The molecule has 0 radical (unpaired) electrons. The van der Waals surface area contributed by atoms with Gasteiger partial charge in [-0.25, -0.2) is 8.42 Å². The maximum absolute atomic E-state index is 13.0. The van der Waals surface area contributed by atoms with Crippen LogP contribution in [0.1, 0.15) is 24.8 Å². The van der Waals surface area contributed by atoms with Crippen LogP contribution in [0.25, 0.3) is 0 Å². The third-order valence-electron chi connectivity index (χ3n) is 5.36. The zero-order valence-corrected chi connectivity index (χ0v) is 15.0. The number of carbonyl (C=O) groups is 1. The summed E-state index contributed by atoms with van der Waals surface area (Å²) in [6.07, 6.45) is 0.688. The number of nitrogens with zero attached hydrogens (tertiary/aromatic N) is 3. The van der Waals surface area contributed by atoms with E-state index in [0.717, 1.165) is 0 Å². The topological polar surface area (TPSA) is 104 Å². The molecule has 0 saturated carbocycles. The number of aliphatic hydroxyl groups excluding tert-OH is 1. The highest BCUT2D eigenvalue weighted by Gasteiger charge is 2.53. The van der Waals surface area contributed by atoms with E-state index in [-0.39, 0.29) is 35.6 Å².